The molecule has 2 saturated heterocycles. The summed E-state index contributed by atoms with van der Waals surface area (Å²) in [6.07, 6.45) is 1.51. The van der Waals surface area contributed by atoms with E-state index in [0.29, 0.717) is 29.4 Å². The van der Waals surface area contributed by atoms with Crippen molar-refractivity contribution in [3.05, 3.63) is 93.5 Å². The molecule has 2 N–H and O–H groups in total. The highest BCUT2D eigenvalue weighted by atomic mass is 35.5. The third kappa shape index (κ3) is 2.45. The summed E-state index contributed by atoms with van der Waals surface area (Å²) >= 11 is 12.7. The van der Waals surface area contributed by atoms with Crippen molar-refractivity contribution in [2.75, 3.05) is 17.2 Å². The van der Waals surface area contributed by atoms with Gasteiger partial charge in [-0.1, -0.05) is 59.6 Å². The number of fused-ring (bicyclic) bond motifs is 7. The first kappa shape index (κ1) is 22.0. The number of ketones is 1. The normalized spacial score (nSPS) is 29.8. The molecule has 3 aromatic carbocycles. The molecule has 4 aliphatic rings. The molecule has 7 rings (SSSR count). The van der Waals surface area contributed by atoms with Crippen LogP contribution in [0, 0.1) is 5.92 Å². The SMILES string of the molecule is O=C(c1ccc(Cl)cc1Cl)[C@@H]1[C@]2(C(=O)Nc3ccccc32)[C@H]2CCCN2[C@]12C(=O)Nc1ccccc12. The van der Waals surface area contributed by atoms with Crippen molar-refractivity contribution in [2.45, 2.75) is 29.8 Å². The maximum atomic E-state index is 14.7. The first-order valence-electron chi connectivity index (χ1n) is 12.0. The summed E-state index contributed by atoms with van der Waals surface area (Å²) in [5.74, 6) is -1.92. The van der Waals surface area contributed by atoms with Gasteiger partial charge in [-0.15, -0.1) is 0 Å². The number of para-hydroxylation sites is 2. The molecule has 0 unspecified atom stereocenters. The van der Waals surface area contributed by atoms with Crippen LogP contribution in [0.15, 0.2) is 66.7 Å². The lowest BCUT2D eigenvalue weighted by Gasteiger charge is -2.38. The molecule has 4 heterocycles. The highest BCUT2D eigenvalue weighted by molar-refractivity contribution is 6.37. The Balaban J connectivity index is 1.59. The highest BCUT2D eigenvalue weighted by Crippen LogP contribution is 2.66. The van der Waals surface area contributed by atoms with Gasteiger partial charge in [0.2, 0.25) is 11.8 Å². The zero-order chi connectivity index (χ0) is 24.8. The Kier molecular flexibility index (Phi) is 4.54. The van der Waals surface area contributed by atoms with Gasteiger partial charge >= 0.3 is 0 Å². The number of nitrogens with one attached hydrogen (secondary N) is 2. The maximum Gasteiger partial charge on any atom is 0.250 e. The van der Waals surface area contributed by atoms with E-state index < -0.39 is 16.9 Å². The first-order chi connectivity index (χ1) is 17.4. The van der Waals surface area contributed by atoms with E-state index in [1.165, 1.54) is 6.07 Å². The predicted octanol–water partition coefficient (Wildman–Crippen LogP) is 5.01. The Morgan fingerprint density at radius 1 is 0.889 bits per heavy atom. The summed E-state index contributed by atoms with van der Waals surface area (Å²) in [6.45, 7) is 0.599. The van der Waals surface area contributed by atoms with Gasteiger partial charge in [0.05, 0.1) is 10.9 Å². The number of halogens is 2. The smallest absolute Gasteiger partial charge is 0.250 e. The third-order valence-electron chi connectivity index (χ3n) is 8.49. The fourth-order valence-electron chi connectivity index (χ4n) is 7.35. The van der Waals surface area contributed by atoms with Gasteiger partial charge in [-0.3, -0.25) is 19.3 Å². The summed E-state index contributed by atoms with van der Waals surface area (Å²) in [6, 6.07) is 19.4. The van der Waals surface area contributed by atoms with E-state index >= 15 is 0 Å². The minimum atomic E-state index is -1.35. The zero-order valence-electron chi connectivity index (χ0n) is 19.1. The molecule has 3 aromatic rings. The lowest BCUT2D eigenvalue weighted by atomic mass is 9.60. The first-order valence-corrected chi connectivity index (χ1v) is 12.7. The molecule has 0 radical (unpaired) electrons. The van der Waals surface area contributed by atoms with E-state index in [4.69, 9.17) is 23.2 Å². The molecule has 8 heteroatoms. The Morgan fingerprint density at radius 3 is 2.31 bits per heavy atom. The second kappa shape index (κ2) is 7.42. The lowest BCUT2D eigenvalue weighted by molar-refractivity contribution is -0.128. The fourth-order valence-corrected chi connectivity index (χ4v) is 7.85. The van der Waals surface area contributed by atoms with Crippen LogP contribution in [0.5, 0.6) is 0 Å². The van der Waals surface area contributed by atoms with Crippen LogP contribution in [0.4, 0.5) is 11.4 Å². The number of hydrogen-bond donors (Lipinski definition) is 2. The van der Waals surface area contributed by atoms with Gasteiger partial charge < -0.3 is 10.6 Å². The second-order valence-electron chi connectivity index (χ2n) is 9.91. The van der Waals surface area contributed by atoms with Crippen LogP contribution in [0.1, 0.15) is 34.3 Å². The van der Waals surface area contributed by atoms with Gasteiger partial charge in [0, 0.05) is 33.6 Å². The van der Waals surface area contributed by atoms with E-state index in [-0.39, 0.29) is 34.2 Å². The van der Waals surface area contributed by atoms with Crippen LogP contribution in [-0.4, -0.2) is 35.1 Å². The minimum Gasteiger partial charge on any atom is -0.325 e. The van der Waals surface area contributed by atoms with Gasteiger partial charge in [-0.25, -0.2) is 0 Å². The van der Waals surface area contributed by atoms with Gasteiger partial charge in [0.1, 0.15) is 11.0 Å². The van der Waals surface area contributed by atoms with Crippen LogP contribution < -0.4 is 10.6 Å². The molecule has 4 atom stereocenters. The Bertz CT molecular complexity index is 1430. The molecule has 0 aliphatic carbocycles. The number of carbonyl (C=O) groups excluding carboxylic acids is 3. The quantitative estimate of drug-likeness (QED) is 0.468. The Labute approximate surface area is 217 Å². The minimum absolute atomic E-state index is 0.197. The van der Waals surface area contributed by atoms with Crippen molar-refractivity contribution in [1.82, 2.24) is 4.90 Å². The average molecular weight is 518 g/mol. The third-order valence-corrected chi connectivity index (χ3v) is 9.04. The Hall–Kier alpha value is -3.19. The predicted molar refractivity (Wildman–Crippen MR) is 138 cm³/mol. The number of nitrogens with zero attached hydrogens (tertiary/aromatic N) is 1. The van der Waals surface area contributed by atoms with Crippen LogP contribution in [0.2, 0.25) is 10.0 Å². The summed E-state index contributed by atoms with van der Waals surface area (Å²) in [5.41, 5.74) is 0.452. The number of carbonyl (C=O) groups is 3. The number of benzene rings is 3. The molecule has 2 spiro atoms. The van der Waals surface area contributed by atoms with Crippen LogP contribution >= 0.6 is 23.2 Å². The largest absolute Gasteiger partial charge is 0.325 e. The number of anilines is 2. The van der Waals surface area contributed by atoms with Gasteiger partial charge in [-0.2, -0.15) is 0 Å². The molecule has 4 aliphatic heterocycles. The van der Waals surface area contributed by atoms with Crippen molar-refractivity contribution >= 4 is 52.2 Å². The number of hydrogen-bond acceptors (Lipinski definition) is 4. The summed E-state index contributed by atoms with van der Waals surface area (Å²) < 4.78 is 0. The average Bonchev–Trinajstić information content (AvgIpc) is 3.58. The molecule has 2 amide bonds. The van der Waals surface area contributed by atoms with E-state index in [2.05, 4.69) is 15.5 Å². The summed E-state index contributed by atoms with van der Waals surface area (Å²) in [5, 5.41) is 6.67. The topological polar surface area (TPSA) is 78.5 Å². The monoisotopic (exact) mass is 517 g/mol. The number of amides is 2. The van der Waals surface area contributed by atoms with E-state index in [9.17, 15) is 14.4 Å². The fraction of sp³-hybridized carbons (Fsp3) is 0.250. The molecule has 0 aromatic heterocycles. The van der Waals surface area contributed by atoms with Crippen molar-refractivity contribution in [3.63, 3.8) is 0 Å². The van der Waals surface area contributed by atoms with Gasteiger partial charge in [-0.05, 0) is 55.3 Å². The molecule has 2 fully saturated rings. The van der Waals surface area contributed by atoms with E-state index in [1.54, 1.807) is 12.1 Å². The standard InChI is InChI=1S/C28H21Cl2N3O3/c29-15-11-12-16(19(30)14-15)23(34)24-27(17-6-1-3-8-20(17)31-25(27)35)22-10-5-13-33(22)28(24)18-7-2-4-9-21(18)32-26(28)36/h1-4,6-9,11-12,14,22,24H,5,10,13H2,(H,31,35)(H,32,36)/t22-,24-,27-,28+/m1/s1. The van der Waals surface area contributed by atoms with E-state index in [0.717, 1.165) is 17.5 Å². The zero-order valence-corrected chi connectivity index (χ0v) is 20.6. The molecular weight excluding hydrogens is 497 g/mol. The molecule has 0 bridgehead atoms. The molecule has 6 nitrogen and oxygen atoms in total. The molecule has 36 heavy (non-hydrogen) atoms. The van der Waals surface area contributed by atoms with Crippen LogP contribution in [-0.2, 0) is 20.5 Å². The second-order valence-corrected chi connectivity index (χ2v) is 10.8. The highest BCUT2D eigenvalue weighted by Gasteiger charge is 2.78. The Morgan fingerprint density at radius 2 is 1.56 bits per heavy atom. The van der Waals surface area contributed by atoms with E-state index in [1.807, 2.05) is 48.5 Å². The van der Waals surface area contributed by atoms with Crippen molar-refractivity contribution < 1.29 is 14.4 Å². The summed E-state index contributed by atoms with van der Waals surface area (Å²) in [7, 11) is 0. The van der Waals surface area contributed by atoms with Crippen molar-refractivity contribution in [3.8, 4) is 0 Å². The number of Topliss-reactive ketones (excluding diaryl/α,β-unsaturated/α-hetero) is 1. The number of rotatable bonds is 2. The summed E-state index contributed by atoms with van der Waals surface area (Å²) in [4.78, 5) is 45.2. The maximum absolute atomic E-state index is 14.7. The van der Waals surface area contributed by atoms with Gasteiger partial charge in [0.15, 0.2) is 5.78 Å². The van der Waals surface area contributed by atoms with Crippen LogP contribution in [0.3, 0.4) is 0 Å². The molecule has 180 valence electrons. The van der Waals surface area contributed by atoms with Gasteiger partial charge in [0.25, 0.3) is 0 Å². The van der Waals surface area contributed by atoms with Crippen LogP contribution in [0.25, 0.3) is 0 Å². The lowest BCUT2D eigenvalue weighted by Crippen LogP contribution is -2.55. The van der Waals surface area contributed by atoms with Crippen molar-refractivity contribution in [2.24, 2.45) is 5.92 Å². The molecule has 0 saturated carbocycles. The van der Waals surface area contributed by atoms with Crippen molar-refractivity contribution in [1.29, 1.82) is 0 Å². The molecular formula is C28H21Cl2N3O3.